The van der Waals surface area contributed by atoms with Gasteiger partial charge < -0.3 is 30.7 Å². The summed E-state index contributed by atoms with van der Waals surface area (Å²) in [7, 11) is 0. The predicted octanol–water partition coefficient (Wildman–Crippen LogP) is 5.45. The summed E-state index contributed by atoms with van der Waals surface area (Å²) in [6.07, 6.45) is 1.65. The van der Waals surface area contributed by atoms with E-state index in [1.807, 2.05) is 24.3 Å². The number of ether oxygens (including phenoxy) is 2. The molecule has 0 saturated carbocycles. The molecular weight excluding hydrogens is 624 g/mol. The first-order chi connectivity index (χ1) is 22.4. The van der Waals surface area contributed by atoms with Gasteiger partial charge in [0, 0.05) is 6.54 Å². The van der Waals surface area contributed by atoms with Gasteiger partial charge in [0.25, 0.3) is 0 Å². The van der Waals surface area contributed by atoms with Crippen LogP contribution in [0, 0.1) is 27.7 Å². The molecule has 0 unspecified atom stereocenters. The molecule has 0 aliphatic carbocycles. The molecule has 0 saturated heterocycles. The van der Waals surface area contributed by atoms with Crippen LogP contribution < -0.4 is 11.1 Å². The maximum Gasteiger partial charge on any atom is 0.341 e. The maximum absolute atomic E-state index is 11.9. The molecule has 0 aliphatic heterocycles. The summed E-state index contributed by atoms with van der Waals surface area (Å²) < 4.78 is 9.89. The van der Waals surface area contributed by atoms with Crippen LogP contribution in [0.25, 0.3) is 0 Å². The molecule has 0 fully saturated rings. The van der Waals surface area contributed by atoms with Crippen molar-refractivity contribution in [3.05, 3.63) is 98.8 Å². The zero-order chi connectivity index (χ0) is 34.9. The van der Waals surface area contributed by atoms with Gasteiger partial charge in [-0.1, -0.05) is 24.3 Å². The summed E-state index contributed by atoms with van der Waals surface area (Å²) in [4.78, 5) is 39.8. The van der Waals surface area contributed by atoms with Crippen molar-refractivity contribution in [3.63, 3.8) is 0 Å². The zero-order valence-corrected chi connectivity index (χ0v) is 28.4. The topological polar surface area (TPSA) is 183 Å². The van der Waals surface area contributed by atoms with Crippen LogP contribution in [0.15, 0.2) is 48.5 Å². The lowest BCUT2D eigenvalue weighted by Crippen LogP contribution is -2.15. The Hall–Kier alpha value is -4.81. The van der Waals surface area contributed by atoms with E-state index in [2.05, 4.69) is 25.3 Å². The molecule has 12 nitrogen and oxygen atoms in total. The number of carbonyl (C=O) groups excluding carboxylic acids is 2. The number of hydrogen-bond donors (Lipinski definition) is 4. The number of nitrogens with one attached hydrogen (secondary N) is 1. The first-order valence-corrected chi connectivity index (χ1v) is 15.5. The van der Waals surface area contributed by atoms with Crippen molar-refractivity contribution in [2.75, 3.05) is 31.6 Å². The van der Waals surface area contributed by atoms with Crippen molar-refractivity contribution in [1.82, 2.24) is 19.9 Å². The van der Waals surface area contributed by atoms with Crippen LogP contribution in [0.1, 0.15) is 68.5 Å². The van der Waals surface area contributed by atoms with E-state index < -0.39 is 11.9 Å². The smallest absolute Gasteiger partial charge is 0.341 e. The third-order valence-electron chi connectivity index (χ3n) is 6.48. The SMILES string of the molecule is CCOC(=O)c1c(C)nc(Cl)nc1C.CCOC(=O)c1c(C)nc(NCCc2ccc(O)cc2)nc1C.NCCc1ccc(O)cc1. The third kappa shape index (κ3) is 12.8. The van der Waals surface area contributed by atoms with E-state index in [1.165, 1.54) is 5.56 Å². The molecular formula is C34H43ClN6O6. The fraction of sp³-hybridized carbons (Fsp3) is 0.353. The minimum atomic E-state index is -0.404. The number of carbonyl (C=O) groups is 2. The van der Waals surface area contributed by atoms with Gasteiger partial charge in [-0.3, -0.25) is 0 Å². The molecule has 0 atom stereocenters. The van der Waals surface area contributed by atoms with Crippen molar-refractivity contribution >= 4 is 29.5 Å². The molecule has 47 heavy (non-hydrogen) atoms. The summed E-state index contributed by atoms with van der Waals surface area (Å²) in [5, 5.41) is 21.4. The molecule has 4 rings (SSSR count). The van der Waals surface area contributed by atoms with Crippen LogP contribution in [0.4, 0.5) is 5.95 Å². The number of anilines is 1. The van der Waals surface area contributed by atoms with E-state index >= 15 is 0 Å². The third-order valence-corrected chi connectivity index (χ3v) is 6.64. The molecule has 5 N–H and O–H groups in total. The Morgan fingerprint density at radius 1 is 0.702 bits per heavy atom. The number of halogens is 1. The number of benzene rings is 2. The second-order valence-corrected chi connectivity index (χ2v) is 10.5. The first kappa shape index (κ1) is 38.4. The first-order valence-electron chi connectivity index (χ1n) is 15.1. The van der Waals surface area contributed by atoms with Crippen LogP contribution in [0.2, 0.25) is 5.28 Å². The number of phenolic OH excluding ortho intramolecular Hbond substituents is 2. The summed E-state index contributed by atoms with van der Waals surface area (Å²) in [6, 6.07) is 14.2. The summed E-state index contributed by atoms with van der Waals surface area (Å²) in [5.41, 5.74) is 10.7. The molecule has 0 bridgehead atoms. The van der Waals surface area contributed by atoms with Crippen molar-refractivity contribution in [1.29, 1.82) is 0 Å². The highest BCUT2D eigenvalue weighted by atomic mass is 35.5. The van der Waals surface area contributed by atoms with Gasteiger partial charge in [0.1, 0.15) is 22.6 Å². The Labute approximate surface area is 280 Å². The molecule has 4 aromatic rings. The average molecular weight is 667 g/mol. The Balaban J connectivity index is 0.000000271. The summed E-state index contributed by atoms with van der Waals surface area (Å²) in [5.74, 6) is 0.260. The Morgan fingerprint density at radius 3 is 1.47 bits per heavy atom. The number of esters is 2. The number of aromatic nitrogens is 4. The second-order valence-electron chi connectivity index (χ2n) is 10.1. The lowest BCUT2D eigenvalue weighted by atomic mass is 10.1. The molecule has 13 heteroatoms. The van der Waals surface area contributed by atoms with Crippen LogP contribution in [-0.4, -0.2) is 68.4 Å². The highest BCUT2D eigenvalue weighted by Gasteiger charge is 2.17. The summed E-state index contributed by atoms with van der Waals surface area (Å²) >= 11 is 5.63. The lowest BCUT2D eigenvalue weighted by molar-refractivity contribution is 0.0513. The standard InChI is InChI=1S/C17H21N3O3.C9H11ClN2O2.C8H11NO/c1-4-23-16(22)15-11(2)19-17(20-12(15)3)18-10-9-13-5-7-14(21)8-6-13;1-4-14-8(13)7-5(2)11-9(10)12-6(7)3;9-6-5-7-1-3-8(10)4-2-7/h5-8,21H,4,9-10H2,1-3H3,(H,18,19,20);4H2,1-3H3;1-4,10H,5-6,9H2. The number of rotatable bonds is 10. The van der Waals surface area contributed by atoms with E-state index in [-0.39, 0.29) is 11.0 Å². The van der Waals surface area contributed by atoms with Crippen molar-refractivity contribution in [3.8, 4) is 11.5 Å². The van der Waals surface area contributed by atoms with Gasteiger partial charge in [0.15, 0.2) is 0 Å². The minimum absolute atomic E-state index is 0.146. The van der Waals surface area contributed by atoms with Gasteiger partial charge in [-0.2, -0.15) is 0 Å². The largest absolute Gasteiger partial charge is 0.508 e. The summed E-state index contributed by atoms with van der Waals surface area (Å²) in [6.45, 7) is 12.4. The Kier molecular flexibility index (Phi) is 16.0. The van der Waals surface area contributed by atoms with Crippen molar-refractivity contribution in [2.24, 2.45) is 5.73 Å². The van der Waals surface area contributed by atoms with Gasteiger partial charge in [-0.05, 0) is 108 Å². The Morgan fingerprint density at radius 2 is 1.09 bits per heavy atom. The van der Waals surface area contributed by atoms with Crippen LogP contribution >= 0.6 is 11.6 Å². The molecule has 0 spiro atoms. The number of aryl methyl sites for hydroxylation is 4. The molecule has 0 radical (unpaired) electrons. The van der Waals surface area contributed by atoms with Crippen LogP contribution in [0.3, 0.4) is 0 Å². The quantitative estimate of drug-likeness (QED) is 0.124. The fourth-order valence-electron chi connectivity index (χ4n) is 4.28. The molecule has 252 valence electrons. The van der Waals surface area contributed by atoms with E-state index in [0.29, 0.717) is 71.9 Å². The highest BCUT2D eigenvalue weighted by molar-refractivity contribution is 6.28. The van der Waals surface area contributed by atoms with E-state index in [9.17, 15) is 14.7 Å². The van der Waals surface area contributed by atoms with E-state index in [4.69, 9.17) is 31.9 Å². The van der Waals surface area contributed by atoms with E-state index in [0.717, 1.165) is 18.4 Å². The van der Waals surface area contributed by atoms with Gasteiger partial charge in [0.05, 0.1) is 36.0 Å². The number of hydrogen-bond acceptors (Lipinski definition) is 12. The molecule has 0 amide bonds. The minimum Gasteiger partial charge on any atom is -0.508 e. The van der Waals surface area contributed by atoms with Gasteiger partial charge in [-0.25, -0.2) is 29.5 Å². The normalized spacial score (nSPS) is 10.1. The van der Waals surface area contributed by atoms with Crippen molar-refractivity contribution in [2.45, 2.75) is 54.4 Å². The predicted molar refractivity (Wildman–Crippen MR) is 181 cm³/mol. The van der Waals surface area contributed by atoms with Gasteiger partial charge in [0.2, 0.25) is 11.2 Å². The fourth-order valence-corrected chi connectivity index (χ4v) is 4.53. The Bertz CT molecular complexity index is 1550. The number of nitrogens with two attached hydrogens (primary N) is 1. The number of aromatic hydroxyl groups is 2. The van der Waals surface area contributed by atoms with Gasteiger partial charge >= 0.3 is 11.9 Å². The van der Waals surface area contributed by atoms with E-state index in [1.54, 1.807) is 65.8 Å². The molecule has 0 aliphatic rings. The lowest BCUT2D eigenvalue weighted by Gasteiger charge is -2.11. The molecule has 2 aromatic heterocycles. The van der Waals surface area contributed by atoms with Crippen molar-refractivity contribution < 1.29 is 29.3 Å². The average Bonchev–Trinajstić information content (AvgIpc) is 3.00. The second kappa shape index (κ2) is 19.6. The van der Waals surface area contributed by atoms with Crippen LogP contribution in [0.5, 0.6) is 11.5 Å². The highest BCUT2D eigenvalue weighted by Crippen LogP contribution is 2.16. The number of phenols is 2. The molecule has 2 heterocycles. The van der Waals surface area contributed by atoms with Crippen LogP contribution in [-0.2, 0) is 22.3 Å². The number of nitrogens with zero attached hydrogens (tertiary/aromatic N) is 4. The molecule has 2 aromatic carbocycles. The zero-order valence-electron chi connectivity index (χ0n) is 27.6. The maximum atomic E-state index is 11.9. The monoisotopic (exact) mass is 666 g/mol. The van der Waals surface area contributed by atoms with Gasteiger partial charge in [-0.15, -0.1) is 0 Å².